The zero-order chi connectivity index (χ0) is 15.9. The van der Waals surface area contributed by atoms with Gasteiger partial charge in [0.1, 0.15) is 6.09 Å². The molecular formula is C16H15N2O4-. The van der Waals surface area contributed by atoms with Gasteiger partial charge in [0.15, 0.2) is 0 Å². The smallest absolute Gasteiger partial charge is 0.411 e. The zero-order valence-electron chi connectivity index (χ0n) is 12.0. The van der Waals surface area contributed by atoms with Crippen LogP contribution in [0.15, 0.2) is 54.6 Å². The molecule has 2 aromatic rings. The molecule has 0 atom stereocenters. The molecule has 0 radical (unpaired) electrons. The molecule has 2 aromatic carbocycles. The molecule has 0 fully saturated rings. The van der Waals surface area contributed by atoms with E-state index in [-0.39, 0.29) is 6.61 Å². The molecule has 0 saturated heterocycles. The van der Waals surface area contributed by atoms with Crippen LogP contribution in [0.5, 0.6) is 0 Å². The third-order valence-corrected chi connectivity index (χ3v) is 2.82. The van der Waals surface area contributed by atoms with E-state index in [0.29, 0.717) is 17.1 Å². The summed E-state index contributed by atoms with van der Waals surface area (Å²) in [6.07, 6.45) is -1.96. The Bertz CT molecular complexity index is 658. The maximum atomic E-state index is 11.4. The molecule has 6 nitrogen and oxygen atoms in total. The van der Waals surface area contributed by atoms with Crippen LogP contribution in [0.3, 0.4) is 0 Å². The monoisotopic (exact) mass is 299 g/mol. The molecule has 0 aliphatic carbocycles. The van der Waals surface area contributed by atoms with Crippen molar-refractivity contribution in [3.05, 3.63) is 54.6 Å². The molecule has 0 aliphatic rings. The number of benzene rings is 2. The minimum Gasteiger partial charge on any atom is -0.529 e. The van der Waals surface area contributed by atoms with Gasteiger partial charge in [-0.05, 0) is 37.3 Å². The number of nitrogens with zero attached hydrogens (tertiary/aromatic N) is 1. The number of carbonyl (C=O) groups is 2. The molecule has 0 aliphatic heterocycles. The van der Waals surface area contributed by atoms with Gasteiger partial charge in [0.05, 0.1) is 6.61 Å². The van der Waals surface area contributed by atoms with Crippen molar-refractivity contribution in [1.29, 1.82) is 0 Å². The fourth-order valence-electron chi connectivity index (χ4n) is 1.94. The number of para-hydroxylation sites is 1. The number of amides is 2. The Kier molecular flexibility index (Phi) is 4.98. The molecule has 1 N–H and O–H groups in total. The van der Waals surface area contributed by atoms with Gasteiger partial charge in [-0.1, -0.05) is 24.3 Å². The van der Waals surface area contributed by atoms with Crippen LogP contribution in [0, 0.1) is 0 Å². The molecule has 0 spiro atoms. The molecule has 2 amide bonds. The molecule has 6 heteroatoms. The molecule has 0 heterocycles. The van der Waals surface area contributed by atoms with Gasteiger partial charge >= 0.3 is 6.09 Å². The number of rotatable bonds is 4. The van der Waals surface area contributed by atoms with E-state index in [1.165, 1.54) is 6.07 Å². The van der Waals surface area contributed by atoms with Gasteiger partial charge < -0.3 is 14.6 Å². The predicted molar refractivity (Wildman–Crippen MR) is 81.1 cm³/mol. The Balaban J connectivity index is 2.30. The van der Waals surface area contributed by atoms with Gasteiger partial charge in [-0.15, -0.1) is 0 Å². The van der Waals surface area contributed by atoms with Gasteiger partial charge in [0.2, 0.25) is 0 Å². The zero-order valence-corrected chi connectivity index (χ0v) is 12.0. The first-order valence-corrected chi connectivity index (χ1v) is 6.72. The molecule has 22 heavy (non-hydrogen) atoms. The van der Waals surface area contributed by atoms with Crippen molar-refractivity contribution in [1.82, 2.24) is 0 Å². The molecule has 0 aromatic heterocycles. The lowest BCUT2D eigenvalue weighted by atomic mass is 10.2. The topological polar surface area (TPSA) is 81.7 Å². The summed E-state index contributed by atoms with van der Waals surface area (Å²) in [5.74, 6) is 0. The molecule has 114 valence electrons. The SMILES string of the molecule is CCOC(=O)Nc1cccc(N(C(=O)[O-])c2ccccc2)c1. The lowest BCUT2D eigenvalue weighted by molar-refractivity contribution is -0.245. The summed E-state index contributed by atoms with van der Waals surface area (Å²) in [4.78, 5) is 23.9. The summed E-state index contributed by atoms with van der Waals surface area (Å²) >= 11 is 0. The van der Waals surface area contributed by atoms with Gasteiger partial charge in [-0.3, -0.25) is 10.2 Å². The molecular weight excluding hydrogens is 284 g/mol. The van der Waals surface area contributed by atoms with Gasteiger partial charge in [0.25, 0.3) is 0 Å². The van der Waals surface area contributed by atoms with Crippen LogP contribution in [0.25, 0.3) is 0 Å². The number of anilines is 3. The van der Waals surface area contributed by atoms with Crippen LogP contribution in [0.4, 0.5) is 26.7 Å². The second-order valence-electron chi connectivity index (χ2n) is 4.33. The Labute approximate surface area is 127 Å². The summed E-state index contributed by atoms with van der Waals surface area (Å²) in [7, 11) is 0. The summed E-state index contributed by atoms with van der Waals surface area (Å²) in [5, 5.41) is 14.0. The Morgan fingerprint density at radius 1 is 1.09 bits per heavy atom. The largest absolute Gasteiger partial charge is 0.529 e. The Hall–Kier alpha value is -3.02. The lowest BCUT2D eigenvalue weighted by Gasteiger charge is -2.25. The number of carbonyl (C=O) groups excluding carboxylic acids is 2. The molecule has 0 unspecified atom stereocenters. The number of hydrogen-bond acceptors (Lipinski definition) is 4. The van der Waals surface area contributed by atoms with E-state index in [1.54, 1.807) is 55.5 Å². The maximum absolute atomic E-state index is 11.4. The molecule has 2 rings (SSSR count). The summed E-state index contributed by atoms with van der Waals surface area (Å²) in [6.45, 7) is 1.95. The van der Waals surface area contributed by atoms with Crippen molar-refractivity contribution in [2.45, 2.75) is 6.92 Å². The second kappa shape index (κ2) is 7.12. The van der Waals surface area contributed by atoms with E-state index in [0.717, 1.165) is 4.90 Å². The number of nitrogens with one attached hydrogen (secondary N) is 1. The molecule has 0 bridgehead atoms. The fraction of sp³-hybridized carbons (Fsp3) is 0.125. The first kappa shape index (κ1) is 15.4. The second-order valence-corrected chi connectivity index (χ2v) is 4.33. The van der Waals surface area contributed by atoms with E-state index in [1.807, 2.05) is 0 Å². The van der Waals surface area contributed by atoms with Crippen molar-refractivity contribution in [3.63, 3.8) is 0 Å². The first-order chi connectivity index (χ1) is 10.6. The Morgan fingerprint density at radius 3 is 2.41 bits per heavy atom. The highest BCUT2D eigenvalue weighted by Crippen LogP contribution is 2.27. The summed E-state index contributed by atoms with van der Waals surface area (Å²) in [5.41, 5.74) is 1.24. The van der Waals surface area contributed by atoms with E-state index in [4.69, 9.17) is 4.74 Å². The van der Waals surface area contributed by atoms with Crippen LogP contribution in [0.1, 0.15) is 6.92 Å². The predicted octanol–water partition coefficient (Wildman–Crippen LogP) is 2.74. The number of ether oxygens (including phenoxy) is 1. The van der Waals surface area contributed by atoms with Crippen molar-refractivity contribution in [2.24, 2.45) is 0 Å². The first-order valence-electron chi connectivity index (χ1n) is 6.72. The molecule has 0 saturated carbocycles. The quantitative estimate of drug-likeness (QED) is 0.941. The lowest BCUT2D eigenvalue weighted by Crippen LogP contribution is -2.37. The van der Waals surface area contributed by atoms with Crippen LogP contribution in [-0.4, -0.2) is 18.8 Å². The third kappa shape index (κ3) is 3.76. The average molecular weight is 299 g/mol. The van der Waals surface area contributed by atoms with E-state index in [9.17, 15) is 14.7 Å². The van der Waals surface area contributed by atoms with Crippen molar-refractivity contribution < 1.29 is 19.4 Å². The highest BCUT2D eigenvalue weighted by Gasteiger charge is 2.11. The third-order valence-electron chi connectivity index (χ3n) is 2.82. The Morgan fingerprint density at radius 2 is 1.77 bits per heavy atom. The van der Waals surface area contributed by atoms with Crippen LogP contribution in [-0.2, 0) is 4.74 Å². The van der Waals surface area contributed by atoms with Gasteiger partial charge in [-0.25, -0.2) is 4.79 Å². The standard InChI is InChI=1S/C16H16N2O4/c1-2-22-15(19)17-12-7-6-10-14(11-12)18(16(20)21)13-8-4-3-5-9-13/h3-11H,2H2,1H3,(H,17,19)(H,20,21)/p-1. The fourth-order valence-corrected chi connectivity index (χ4v) is 1.94. The normalized spacial score (nSPS) is 9.86. The van der Waals surface area contributed by atoms with E-state index >= 15 is 0 Å². The highest BCUT2D eigenvalue weighted by molar-refractivity contribution is 5.95. The van der Waals surface area contributed by atoms with Crippen molar-refractivity contribution in [3.8, 4) is 0 Å². The summed E-state index contributed by atoms with van der Waals surface area (Å²) < 4.78 is 4.79. The maximum Gasteiger partial charge on any atom is 0.411 e. The summed E-state index contributed by atoms with van der Waals surface area (Å²) in [6, 6.07) is 15.0. The van der Waals surface area contributed by atoms with Crippen LogP contribution < -0.4 is 15.3 Å². The minimum absolute atomic E-state index is 0.251. The van der Waals surface area contributed by atoms with Crippen LogP contribution >= 0.6 is 0 Å². The van der Waals surface area contributed by atoms with Crippen molar-refractivity contribution >= 4 is 29.2 Å². The number of carboxylic acid groups (broad SMARTS) is 1. The van der Waals surface area contributed by atoms with E-state index < -0.39 is 12.2 Å². The van der Waals surface area contributed by atoms with Crippen molar-refractivity contribution in [2.75, 3.05) is 16.8 Å². The van der Waals surface area contributed by atoms with E-state index in [2.05, 4.69) is 5.32 Å². The average Bonchev–Trinajstić information content (AvgIpc) is 2.49. The minimum atomic E-state index is -1.36. The van der Waals surface area contributed by atoms with Gasteiger partial charge in [-0.2, -0.15) is 0 Å². The highest BCUT2D eigenvalue weighted by atomic mass is 16.5. The number of hydrogen-bond donors (Lipinski definition) is 1. The van der Waals surface area contributed by atoms with Crippen LogP contribution in [0.2, 0.25) is 0 Å². The van der Waals surface area contributed by atoms with Gasteiger partial charge in [0, 0.05) is 17.1 Å².